The third-order valence-electron chi connectivity index (χ3n) is 2.62. The summed E-state index contributed by atoms with van der Waals surface area (Å²) < 4.78 is 0. The van der Waals surface area contributed by atoms with E-state index in [1.54, 1.807) is 6.07 Å². The lowest BCUT2D eigenvalue weighted by molar-refractivity contribution is 0.0697. The number of rotatable bonds is 3. The number of carbonyl (C=O) groups is 1. The van der Waals surface area contributed by atoms with Gasteiger partial charge in [-0.1, -0.05) is 6.07 Å². The van der Waals surface area contributed by atoms with Crippen LogP contribution in [0.3, 0.4) is 0 Å². The summed E-state index contributed by atoms with van der Waals surface area (Å²) in [5.41, 5.74) is 7.52. The van der Waals surface area contributed by atoms with Crippen LogP contribution in [0.25, 0.3) is 0 Å². The monoisotopic (exact) mass is 238 g/mol. The van der Waals surface area contributed by atoms with E-state index >= 15 is 0 Å². The van der Waals surface area contributed by atoms with Gasteiger partial charge in [0.25, 0.3) is 0 Å². The number of carboxylic acid groups (broad SMARTS) is 1. The second kappa shape index (κ2) is 4.76. The highest BCUT2D eigenvalue weighted by Gasteiger charge is 2.19. The van der Waals surface area contributed by atoms with E-state index in [0.717, 1.165) is 29.4 Å². The molecule has 1 heterocycles. The Hall–Kier alpha value is -1.20. The van der Waals surface area contributed by atoms with E-state index in [-0.39, 0.29) is 0 Å². The van der Waals surface area contributed by atoms with Crippen LogP contribution in [-0.2, 0) is 6.54 Å². The summed E-state index contributed by atoms with van der Waals surface area (Å²) in [5.74, 6) is 1.03. The molecule has 5 heteroatoms. The minimum atomic E-state index is -0.887. The van der Waals surface area contributed by atoms with Gasteiger partial charge in [0, 0.05) is 18.8 Å². The van der Waals surface area contributed by atoms with Crippen molar-refractivity contribution in [3.05, 3.63) is 29.3 Å². The van der Waals surface area contributed by atoms with Crippen LogP contribution in [0.2, 0.25) is 0 Å². The summed E-state index contributed by atoms with van der Waals surface area (Å²) in [4.78, 5) is 13.3. The SMILES string of the molecule is NCc1ccc(N2CCSC2)c(C(=O)O)c1. The van der Waals surface area contributed by atoms with Crippen molar-refractivity contribution in [2.45, 2.75) is 6.54 Å². The van der Waals surface area contributed by atoms with Gasteiger partial charge in [0.2, 0.25) is 0 Å². The first-order chi connectivity index (χ1) is 7.72. The fourth-order valence-electron chi connectivity index (χ4n) is 1.76. The molecule has 1 aliphatic rings. The standard InChI is InChI=1S/C11H14N2O2S/c12-6-8-1-2-10(9(5-8)11(14)15)13-3-4-16-7-13/h1-2,5H,3-4,6-7,12H2,(H,14,15). The first kappa shape index (κ1) is 11.3. The van der Waals surface area contributed by atoms with Crippen molar-refractivity contribution in [2.24, 2.45) is 5.73 Å². The van der Waals surface area contributed by atoms with Crippen molar-refractivity contribution in [1.29, 1.82) is 0 Å². The molecule has 4 nitrogen and oxygen atoms in total. The fourth-order valence-corrected chi connectivity index (χ4v) is 2.73. The van der Waals surface area contributed by atoms with Crippen molar-refractivity contribution in [2.75, 3.05) is 23.1 Å². The van der Waals surface area contributed by atoms with Crippen molar-refractivity contribution >= 4 is 23.4 Å². The molecule has 0 aromatic heterocycles. The quantitative estimate of drug-likeness (QED) is 0.832. The van der Waals surface area contributed by atoms with Crippen molar-refractivity contribution in [3.8, 4) is 0 Å². The zero-order chi connectivity index (χ0) is 11.5. The molecule has 1 aromatic carbocycles. The van der Waals surface area contributed by atoms with Gasteiger partial charge in [-0.3, -0.25) is 0 Å². The lowest BCUT2D eigenvalue weighted by Gasteiger charge is -2.19. The molecule has 0 aliphatic carbocycles. The molecular formula is C11H14N2O2S. The summed E-state index contributed by atoms with van der Waals surface area (Å²) in [5, 5.41) is 9.17. The van der Waals surface area contributed by atoms with Crippen molar-refractivity contribution in [3.63, 3.8) is 0 Å². The minimum Gasteiger partial charge on any atom is -0.478 e. The average Bonchev–Trinajstić information content (AvgIpc) is 2.81. The number of carboxylic acids is 1. The summed E-state index contributed by atoms with van der Waals surface area (Å²) in [7, 11) is 0. The average molecular weight is 238 g/mol. The third-order valence-corrected chi connectivity index (χ3v) is 3.59. The number of hydrogen-bond donors (Lipinski definition) is 2. The van der Waals surface area contributed by atoms with Gasteiger partial charge < -0.3 is 15.7 Å². The van der Waals surface area contributed by atoms with Gasteiger partial charge in [-0.2, -0.15) is 0 Å². The lowest BCUT2D eigenvalue weighted by Crippen LogP contribution is -2.21. The van der Waals surface area contributed by atoms with E-state index in [2.05, 4.69) is 4.90 Å². The Morgan fingerprint density at radius 1 is 1.56 bits per heavy atom. The van der Waals surface area contributed by atoms with Crippen LogP contribution in [-0.4, -0.2) is 29.3 Å². The lowest BCUT2D eigenvalue weighted by atomic mass is 10.1. The zero-order valence-electron chi connectivity index (χ0n) is 8.85. The number of hydrogen-bond acceptors (Lipinski definition) is 4. The van der Waals surface area contributed by atoms with E-state index in [1.165, 1.54) is 0 Å². The Morgan fingerprint density at radius 3 is 2.94 bits per heavy atom. The van der Waals surface area contributed by atoms with Crippen LogP contribution in [0.4, 0.5) is 5.69 Å². The Kier molecular flexibility index (Phi) is 3.36. The number of aromatic carboxylic acids is 1. The minimum absolute atomic E-state index is 0.352. The molecule has 1 aliphatic heterocycles. The number of nitrogens with two attached hydrogens (primary N) is 1. The maximum absolute atomic E-state index is 11.2. The Morgan fingerprint density at radius 2 is 2.38 bits per heavy atom. The van der Waals surface area contributed by atoms with Gasteiger partial charge in [0.05, 0.1) is 17.1 Å². The Labute approximate surface area is 98.4 Å². The van der Waals surface area contributed by atoms with Gasteiger partial charge in [-0.05, 0) is 17.7 Å². The molecule has 16 heavy (non-hydrogen) atoms. The number of thioether (sulfide) groups is 1. The van der Waals surface area contributed by atoms with Crippen LogP contribution in [0.1, 0.15) is 15.9 Å². The second-order valence-electron chi connectivity index (χ2n) is 3.66. The molecule has 3 N–H and O–H groups in total. The normalized spacial score (nSPS) is 15.4. The summed E-state index contributed by atoms with van der Waals surface area (Å²) >= 11 is 1.82. The predicted octanol–water partition coefficient (Wildman–Crippen LogP) is 1.35. The molecule has 86 valence electrons. The van der Waals surface area contributed by atoms with Crippen molar-refractivity contribution < 1.29 is 9.90 Å². The molecule has 0 saturated carbocycles. The van der Waals surface area contributed by atoms with Crippen molar-refractivity contribution in [1.82, 2.24) is 0 Å². The summed E-state index contributed by atoms with van der Waals surface area (Å²) in [6.07, 6.45) is 0. The third kappa shape index (κ3) is 2.15. The Balaban J connectivity index is 2.39. The van der Waals surface area contributed by atoms with Crippen LogP contribution >= 0.6 is 11.8 Å². The van der Waals surface area contributed by atoms with Gasteiger partial charge in [0.1, 0.15) is 0 Å². The first-order valence-corrected chi connectivity index (χ1v) is 6.27. The van der Waals surface area contributed by atoms with E-state index < -0.39 is 5.97 Å². The molecule has 0 amide bonds. The van der Waals surface area contributed by atoms with Crippen LogP contribution < -0.4 is 10.6 Å². The predicted molar refractivity (Wildman–Crippen MR) is 66.0 cm³/mol. The Bertz CT molecular complexity index is 403. The molecule has 0 atom stereocenters. The maximum Gasteiger partial charge on any atom is 0.337 e. The van der Waals surface area contributed by atoms with Gasteiger partial charge >= 0.3 is 5.97 Å². The highest BCUT2D eigenvalue weighted by atomic mass is 32.2. The smallest absolute Gasteiger partial charge is 0.337 e. The van der Waals surface area contributed by atoms with Gasteiger partial charge in [0.15, 0.2) is 0 Å². The number of anilines is 1. The molecule has 0 radical (unpaired) electrons. The van der Waals surface area contributed by atoms with Gasteiger partial charge in [-0.15, -0.1) is 11.8 Å². The van der Waals surface area contributed by atoms with E-state index in [1.807, 2.05) is 23.9 Å². The zero-order valence-corrected chi connectivity index (χ0v) is 9.67. The first-order valence-electron chi connectivity index (χ1n) is 5.11. The van der Waals surface area contributed by atoms with Crippen LogP contribution in [0.15, 0.2) is 18.2 Å². The van der Waals surface area contributed by atoms with Crippen LogP contribution in [0.5, 0.6) is 0 Å². The molecule has 2 rings (SSSR count). The topological polar surface area (TPSA) is 66.6 Å². The summed E-state index contributed by atoms with van der Waals surface area (Å²) in [6, 6.07) is 5.42. The van der Waals surface area contributed by atoms with E-state index in [9.17, 15) is 9.90 Å². The number of benzene rings is 1. The molecule has 0 spiro atoms. The van der Waals surface area contributed by atoms with Crippen LogP contribution in [0, 0.1) is 0 Å². The largest absolute Gasteiger partial charge is 0.478 e. The molecule has 0 bridgehead atoms. The highest BCUT2D eigenvalue weighted by Crippen LogP contribution is 2.27. The molecule has 1 saturated heterocycles. The highest BCUT2D eigenvalue weighted by molar-refractivity contribution is 7.99. The molecule has 1 fully saturated rings. The van der Waals surface area contributed by atoms with E-state index in [0.29, 0.717) is 12.1 Å². The molecular weight excluding hydrogens is 224 g/mol. The molecule has 1 aromatic rings. The second-order valence-corrected chi connectivity index (χ2v) is 4.74. The van der Waals surface area contributed by atoms with Gasteiger partial charge in [-0.25, -0.2) is 4.79 Å². The fraction of sp³-hybridized carbons (Fsp3) is 0.364. The van der Waals surface area contributed by atoms with E-state index in [4.69, 9.17) is 5.73 Å². The molecule has 0 unspecified atom stereocenters. The number of nitrogens with zero attached hydrogens (tertiary/aromatic N) is 1. The summed E-state index contributed by atoms with van der Waals surface area (Å²) in [6.45, 7) is 1.28. The maximum atomic E-state index is 11.2.